The van der Waals surface area contributed by atoms with Crippen molar-refractivity contribution in [2.45, 2.75) is 39.3 Å². The molecule has 4 nitrogen and oxygen atoms in total. The molecule has 5 heteroatoms. The van der Waals surface area contributed by atoms with Gasteiger partial charge in [-0.2, -0.15) is 5.10 Å². The Morgan fingerprint density at radius 1 is 1.56 bits per heavy atom. The highest BCUT2D eigenvalue weighted by Gasteiger charge is 2.31. The molecule has 0 amide bonds. The molecule has 16 heavy (non-hydrogen) atoms. The van der Waals surface area contributed by atoms with Crippen molar-refractivity contribution in [3.05, 3.63) is 16.4 Å². The molecular weight excluding hydrogens is 270 g/mol. The monoisotopic (exact) mass is 287 g/mol. The minimum atomic E-state index is -0.588. The topological polar surface area (TPSA) is 46.9 Å². The first-order valence-corrected chi connectivity index (χ1v) is 6.07. The second-order valence-corrected chi connectivity index (χ2v) is 5.44. The van der Waals surface area contributed by atoms with E-state index in [-0.39, 0.29) is 11.8 Å². The van der Waals surface area contributed by atoms with Gasteiger partial charge in [-0.1, -0.05) is 0 Å². The van der Waals surface area contributed by atoms with Crippen molar-refractivity contribution in [3.8, 4) is 0 Å². The Labute approximate surface area is 105 Å². The maximum atomic E-state index is 12.4. The fraction of sp³-hybridized carbons (Fsp3) is 0.636. The first-order chi connectivity index (χ1) is 7.31. The van der Waals surface area contributed by atoms with Gasteiger partial charge in [0.05, 0.1) is 16.2 Å². The Hall–Kier alpha value is -0.680. The molecule has 1 aromatic heterocycles. The lowest BCUT2D eigenvalue weighted by atomic mass is 9.97. The van der Waals surface area contributed by atoms with Gasteiger partial charge in [0.2, 0.25) is 5.78 Å². The summed E-state index contributed by atoms with van der Waals surface area (Å²) in [4.78, 5) is 12.4. The molecular formula is C11H18BrN3O. The van der Waals surface area contributed by atoms with Crippen molar-refractivity contribution in [3.63, 3.8) is 0 Å². The van der Waals surface area contributed by atoms with E-state index in [4.69, 9.17) is 0 Å². The van der Waals surface area contributed by atoms with Crippen LogP contribution in [0.25, 0.3) is 0 Å². The van der Waals surface area contributed by atoms with Crippen LogP contribution in [0.4, 0.5) is 0 Å². The van der Waals surface area contributed by atoms with Gasteiger partial charge in [0.25, 0.3) is 0 Å². The first-order valence-electron chi connectivity index (χ1n) is 5.28. The maximum Gasteiger partial charge on any atom is 0.201 e. The summed E-state index contributed by atoms with van der Waals surface area (Å²) in [5.74, 6) is 0.0353. The van der Waals surface area contributed by atoms with E-state index in [9.17, 15) is 4.79 Å². The Morgan fingerprint density at radius 2 is 2.12 bits per heavy atom. The molecule has 0 aromatic carbocycles. The van der Waals surface area contributed by atoms with Gasteiger partial charge in [-0.15, -0.1) is 0 Å². The van der Waals surface area contributed by atoms with Crippen LogP contribution in [-0.2, 0) is 0 Å². The second-order valence-electron chi connectivity index (χ2n) is 4.58. The Bertz CT molecular complexity index is 396. The largest absolute Gasteiger partial charge is 0.308 e. The molecule has 1 N–H and O–H groups in total. The summed E-state index contributed by atoms with van der Waals surface area (Å²) < 4.78 is 2.49. The van der Waals surface area contributed by atoms with Crippen LogP contribution in [-0.4, -0.2) is 28.2 Å². The summed E-state index contributed by atoms with van der Waals surface area (Å²) in [6.45, 7) is 7.73. The smallest absolute Gasteiger partial charge is 0.201 e. The van der Waals surface area contributed by atoms with Crippen LogP contribution in [0.15, 0.2) is 10.7 Å². The van der Waals surface area contributed by atoms with E-state index < -0.39 is 5.54 Å². The van der Waals surface area contributed by atoms with Gasteiger partial charge in [-0.25, -0.2) is 0 Å². The molecule has 0 radical (unpaired) electrons. The third-order valence-corrected chi connectivity index (χ3v) is 3.23. The number of rotatable bonds is 4. The Balaban J connectivity index is 3.22. The molecule has 0 bridgehead atoms. The summed E-state index contributed by atoms with van der Waals surface area (Å²) in [7, 11) is 1.78. The fourth-order valence-electron chi connectivity index (χ4n) is 1.35. The number of halogens is 1. The quantitative estimate of drug-likeness (QED) is 0.865. The molecule has 1 aromatic rings. The molecule has 0 saturated carbocycles. The lowest BCUT2D eigenvalue weighted by molar-refractivity contribution is 0.0875. The van der Waals surface area contributed by atoms with Gasteiger partial charge in [0, 0.05) is 6.04 Å². The molecule has 90 valence electrons. The zero-order valence-corrected chi connectivity index (χ0v) is 11.9. The molecule has 0 atom stereocenters. The highest BCUT2D eigenvalue weighted by Crippen LogP contribution is 2.23. The van der Waals surface area contributed by atoms with E-state index >= 15 is 0 Å². The third-order valence-electron chi connectivity index (χ3n) is 2.65. The van der Waals surface area contributed by atoms with Crippen molar-refractivity contribution >= 4 is 21.7 Å². The SMILES string of the molecule is CNC(C)(C)C(=O)c1c(Br)cnn1C(C)C. The minimum Gasteiger partial charge on any atom is -0.308 e. The van der Waals surface area contributed by atoms with Crippen molar-refractivity contribution in [1.29, 1.82) is 0 Å². The molecule has 0 aliphatic rings. The van der Waals surface area contributed by atoms with Crippen LogP contribution in [0, 0.1) is 0 Å². The van der Waals surface area contributed by atoms with Crippen molar-refractivity contribution in [2.75, 3.05) is 7.05 Å². The number of aromatic nitrogens is 2. The van der Waals surface area contributed by atoms with E-state index in [1.54, 1.807) is 17.9 Å². The summed E-state index contributed by atoms with van der Waals surface area (Å²) in [6.07, 6.45) is 1.67. The predicted molar refractivity (Wildman–Crippen MR) is 67.8 cm³/mol. The van der Waals surface area contributed by atoms with Crippen LogP contribution >= 0.6 is 15.9 Å². The zero-order chi connectivity index (χ0) is 12.5. The minimum absolute atomic E-state index is 0.0353. The Morgan fingerprint density at radius 3 is 2.56 bits per heavy atom. The summed E-state index contributed by atoms with van der Waals surface area (Å²) in [5.41, 5.74) is 0.0317. The maximum absolute atomic E-state index is 12.4. The standard InChI is InChI=1S/C11H18BrN3O/c1-7(2)15-9(8(12)6-14-15)10(16)11(3,4)13-5/h6-7,13H,1-5H3. The van der Waals surface area contributed by atoms with E-state index in [1.165, 1.54) is 0 Å². The number of carbonyl (C=O) groups excluding carboxylic acids is 1. The summed E-state index contributed by atoms with van der Waals surface area (Å²) >= 11 is 3.38. The third kappa shape index (κ3) is 2.35. The van der Waals surface area contributed by atoms with Crippen molar-refractivity contribution in [1.82, 2.24) is 15.1 Å². The summed E-state index contributed by atoms with van der Waals surface area (Å²) in [6, 6.07) is 0.165. The number of Topliss-reactive ketones (excluding diaryl/α,β-unsaturated/α-hetero) is 1. The average molecular weight is 288 g/mol. The lowest BCUT2D eigenvalue weighted by Gasteiger charge is -2.23. The fourth-order valence-corrected chi connectivity index (χ4v) is 1.81. The van der Waals surface area contributed by atoms with Gasteiger partial charge >= 0.3 is 0 Å². The van der Waals surface area contributed by atoms with E-state index in [2.05, 4.69) is 26.3 Å². The first kappa shape index (κ1) is 13.4. The molecule has 1 heterocycles. The lowest BCUT2D eigenvalue weighted by Crippen LogP contribution is -2.45. The van der Waals surface area contributed by atoms with Gasteiger partial charge < -0.3 is 5.32 Å². The van der Waals surface area contributed by atoms with Crippen molar-refractivity contribution < 1.29 is 4.79 Å². The second kappa shape index (κ2) is 4.67. The molecule has 0 spiro atoms. The number of nitrogens with zero attached hydrogens (tertiary/aromatic N) is 2. The predicted octanol–water partition coefficient (Wildman–Crippen LogP) is 2.41. The number of ketones is 1. The van der Waals surface area contributed by atoms with Crippen molar-refractivity contribution in [2.24, 2.45) is 0 Å². The summed E-state index contributed by atoms with van der Waals surface area (Å²) in [5, 5.41) is 7.22. The molecule has 0 unspecified atom stereocenters. The normalized spacial score (nSPS) is 12.2. The van der Waals surface area contributed by atoms with Crippen LogP contribution in [0.1, 0.15) is 44.2 Å². The zero-order valence-electron chi connectivity index (χ0n) is 10.3. The van der Waals surface area contributed by atoms with E-state index in [1.807, 2.05) is 27.7 Å². The number of carbonyl (C=O) groups is 1. The number of hydrogen-bond acceptors (Lipinski definition) is 3. The van der Waals surface area contributed by atoms with Crippen LogP contribution < -0.4 is 5.32 Å². The molecule has 0 aliphatic carbocycles. The highest BCUT2D eigenvalue weighted by molar-refractivity contribution is 9.10. The van der Waals surface area contributed by atoms with E-state index in [0.29, 0.717) is 5.69 Å². The van der Waals surface area contributed by atoms with Gasteiger partial charge in [-0.05, 0) is 50.7 Å². The molecule has 0 saturated heterocycles. The Kier molecular flexibility index (Phi) is 3.91. The average Bonchev–Trinajstić information content (AvgIpc) is 2.59. The number of hydrogen-bond donors (Lipinski definition) is 1. The van der Waals surface area contributed by atoms with Crippen LogP contribution in [0.2, 0.25) is 0 Å². The van der Waals surface area contributed by atoms with Gasteiger partial charge in [0.1, 0.15) is 5.69 Å². The molecule has 1 rings (SSSR count). The van der Waals surface area contributed by atoms with Gasteiger partial charge in [0.15, 0.2) is 0 Å². The number of likely N-dealkylation sites (N-methyl/N-ethyl adjacent to an activating group) is 1. The molecule has 0 aliphatic heterocycles. The van der Waals surface area contributed by atoms with Gasteiger partial charge in [-0.3, -0.25) is 9.48 Å². The van der Waals surface area contributed by atoms with Crippen LogP contribution in [0.5, 0.6) is 0 Å². The van der Waals surface area contributed by atoms with Crippen LogP contribution in [0.3, 0.4) is 0 Å². The molecule has 0 fully saturated rings. The number of nitrogens with one attached hydrogen (secondary N) is 1. The van der Waals surface area contributed by atoms with E-state index in [0.717, 1.165) is 4.47 Å². The highest BCUT2D eigenvalue weighted by atomic mass is 79.9.